The van der Waals surface area contributed by atoms with Crippen LogP contribution in [0.2, 0.25) is 0 Å². The lowest BCUT2D eigenvalue weighted by molar-refractivity contribution is -0.207. The van der Waals surface area contributed by atoms with Gasteiger partial charge in [-0.1, -0.05) is 44.2 Å². The fourth-order valence-corrected chi connectivity index (χ4v) is 10.5. The maximum atomic E-state index is 14.6. The van der Waals surface area contributed by atoms with E-state index in [2.05, 4.69) is 0 Å². The highest BCUT2D eigenvalue weighted by molar-refractivity contribution is 7.99. The van der Waals surface area contributed by atoms with Crippen LogP contribution in [0.5, 0.6) is 5.75 Å². The molecule has 0 heterocycles. The van der Waals surface area contributed by atoms with Crippen molar-refractivity contribution in [3.8, 4) is 5.75 Å². The molecule has 8 atom stereocenters. The minimum atomic E-state index is -3.03. The van der Waals surface area contributed by atoms with E-state index < -0.39 is 88.3 Å². The largest absolute Gasteiger partial charge is 0.507 e. The van der Waals surface area contributed by atoms with E-state index in [0.29, 0.717) is 29.4 Å². The number of carbonyl (C=O) groups excluding carboxylic acids is 6. The van der Waals surface area contributed by atoms with Gasteiger partial charge in [-0.15, -0.1) is 0 Å². The van der Waals surface area contributed by atoms with Gasteiger partial charge >= 0.3 is 5.97 Å². The minimum Gasteiger partial charge on any atom is -0.507 e. The zero-order valence-electron chi connectivity index (χ0n) is 26.2. The smallest absolute Gasteiger partial charge is 0.309 e. The van der Waals surface area contributed by atoms with Gasteiger partial charge in [0.2, 0.25) is 5.91 Å². The number of phenolic OH excluding ortho intramolecular Hbond substituents is 1. The van der Waals surface area contributed by atoms with E-state index in [1.165, 1.54) is 25.1 Å². The van der Waals surface area contributed by atoms with Crippen molar-refractivity contribution in [2.45, 2.75) is 86.7 Å². The van der Waals surface area contributed by atoms with Gasteiger partial charge in [0.25, 0.3) is 0 Å². The maximum absolute atomic E-state index is 14.6. The van der Waals surface area contributed by atoms with Crippen molar-refractivity contribution in [2.75, 3.05) is 19.8 Å². The van der Waals surface area contributed by atoms with Crippen LogP contribution in [0, 0.1) is 29.6 Å². The molecule has 1 aromatic rings. The number of carbonyl (C=O) groups is 6. The van der Waals surface area contributed by atoms with Crippen LogP contribution in [0.4, 0.5) is 0 Å². The SMILES string of the molecule is CN(C)[C@@H]1C(=O)C(C(N)=O)C(=O)[C@@]2(O)C(=O)C3C(=O)c4c(O)cccc4[C@H](CSC4CCCC4)[C@H]3[C@H](OC(=O)C3CCCCC3)[C@@H]12. The summed E-state index contributed by atoms with van der Waals surface area (Å²) >= 11 is 1.70. The molecule has 0 spiro atoms. The van der Waals surface area contributed by atoms with Crippen LogP contribution in [0.15, 0.2) is 18.2 Å². The number of rotatable bonds is 7. The lowest BCUT2D eigenvalue weighted by atomic mass is 9.49. The van der Waals surface area contributed by atoms with Gasteiger partial charge in [0.1, 0.15) is 11.9 Å². The number of ether oxygens (including phenoxy) is 1. The third-order valence-corrected chi connectivity index (χ3v) is 12.6. The Morgan fingerprint density at radius 2 is 1.65 bits per heavy atom. The van der Waals surface area contributed by atoms with Gasteiger partial charge in [-0.25, -0.2) is 0 Å². The summed E-state index contributed by atoms with van der Waals surface area (Å²) in [6.07, 6.45) is 6.60. The van der Waals surface area contributed by atoms with E-state index in [0.717, 1.165) is 44.9 Å². The minimum absolute atomic E-state index is 0.0662. The van der Waals surface area contributed by atoms with E-state index in [1.54, 1.807) is 23.9 Å². The molecule has 2 unspecified atom stereocenters. The summed E-state index contributed by atoms with van der Waals surface area (Å²) in [5.74, 6) is -13.5. The molecule has 4 fully saturated rings. The Kier molecular flexibility index (Phi) is 8.92. The van der Waals surface area contributed by atoms with Crippen LogP contribution in [-0.4, -0.2) is 93.0 Å². The Morgan fingerprint density at radius 3 is 2.28 bits per heavy atom. The first-order chi connectivity index (χ1) is 21.9. The summed E-state index contributed by atoms with van der Waals surface area (Å²) < 4.78 is 6.33. The third kappa shape index (κ3) is 5.11. The summed E-state index contributed by atoms with van der Waals surface area (Å²) in [6, 6.07) is 3.28. The summed E-state index contributed by atoms with van der Waals surface area (Å²) in [5, 5.41) is 23.6. The Morgan fingerprint density at radius 1 is 1.00 bits per heavy atom. The number of nitrogens with two attached hydrogens (primary N) is 1. The summed E-state index contributed by atoms with van der Waals surface area (Å²) in [6.45, 7) is 0. The first-order valence-corrected chi connectivity index (χ1v) is 17.4. The monoisotopic (exact) mass is 654 g/mol. The molecule has 12 heteroatoms. The number of primary amides is 1. The third-order valence-electron chi connectivity index (χ3n) is 11.1. The van der Waals surface area contributed by atoms with Crippen molar-refractivity contribution in [1.29, 1.82) is 0 Å². The Bertz CT molecular complexity index is 1470. The Labute approximate surface area is 272 Å². The average Bonchev–Trinajstić information content (AvgIpc) is 3.54. The molecule has 4 N–H and O–H groups in total. The van der Waals surface area contributed by atoms with Crippen LogP contribution in [-0.2, 0) is 28.7 Å². The van der Waals surface area contributed by atoms with E-state index in [9.17, 15) is 39.0 Å². The number of benzene rings is 1. The van der Waals surface area contributed by atoms with Crippen molar-refractivity contribution in [3.05, 3.63) is 29.3 Å². The molecule has 6 rings (SSSR count). The second-order valence-electron chi connectivity index (χ2n) is 13.9. The second-order valence-corrected chi connectivity index (χ2v) is 15.2. The molecule has 5 aliphatic carbocycles. The zero-order chi connectivity index (χ0) is 33.1. The van der Waals surface area contributed by atoms with Gasteiger partial charge in [0, 0.05) is 22.8 Å². The van der Waals surface area contributed by atoms with Gasteiger partial charge in [-0.3, -0.25) is 33.7 Å². The van der Waals surface area contributed by atoms with Crippen LogP contribution in [0.3, 0.4) is 0 Å². The number of ketones is 4. The molecule has 0 aliphatic heterocycles. The number of likely N-dealkylation sites (N-methyl/N-ethyl adjacent to an activating group) is 1. The number of hydrogen-bond donors (Lipinski definition) is 3. The van der Waals surface area contributed by atoms with Crippen LogP contribution in [0.25, 0.3) is 0 Å². The zero-order valence-corrected chi connectivity index (χ0v) is 27.0. The van der Waals surface area contributed by atoms with Gasteiger partial charge in [-0.05, 0) is 51.4 Å². The average molecular weight is 655 g/mol. The van der Waals surface area contributed by atoms with Gasteiger partial charge in [0.15, 0.2) is 34.7 Å². The summed E-state index contributed by atoms with van der Waals surface area (Å²) in [5.41, 5.74) is 2.91. The predicted octanol–water partition coefficient (Wildman–Crippen LogP) is 2.19. The van der Waals surface area contributed by atoms with Crippen molar-refractivity contribution >= 4 is 46.8 Å². The normalized spacial score (nSPS) is 35.1. The number of esters is 1. The quantitative estimate of drug-likeness (QED) is 0.290. The van der Waals surface area contributed by atoms with E-state index in [-0.39, 0.29) is 11.3 Å². The fourth-order valence-electron chi connectivity index (χ4n) is 8.95. The van der Waals surface area contributed by atoms with Crippen molar-refractivity contribution < 1.29 is 43.7 Å². The topological polar surface area (TPSA) is 181 Å². The summed E-state index contributed by atoms with van der Waals surface area (Å²) in [4.78, 5) is 84.6. The van der Waals surface area contributed by atoms with Crippen molar-refractivity contribution in [2.24, 2.45) is 35.3 Å². The number of thioether (sulfide) groups is 1. The van der Waals surface area contributed by atoms with E-state index >= 15 is 0 Å². The molecule has 1 amide bonds. The molecule has 0 aromatic heterocycles. The molecular formula is C34H42N2O9S. The molecule has 248 valence electrons. The van der Waals surface area contributed by atoms with Crippen molar-refractivity contribution in [3.63, 3.8) is 0 Å². The molecule has 4 saturated carbocycles. The van der Waals surface area contributed by atoms with Gasteiger partial charge in [-0.2, -0.15) is 11.8 Å². The molecule has 0 saturated heterocycles. The molecular weight excluding hydrogens is 612 g/mol. The predicted molar refractivity (Wildman–Crippen MR) is 167 cm³/mol. The molecule has 1 aromatic carbocycles. The fraction of sp³-hybridized carbons (Fsp3) is 0.647. The highest BCUT2D eigenvalue weighted by Gasteiger charge is 2.74. The number of nitrogens with zero attached hydrogens (tertiary/aromatic N) is 1. The molecule has 0 radical (unpaired) electrons. The van der Waals surface area contributed by atoms with E-state index in [1.807, 2.05) is 0 Å². The van der Waals surface area contributed by atoms with Crippen LogP contribution in [0.1, 0.15) is 79.6 Å². The Hall–Kier alpha value is -3.09. The lowest BCUT2D eigenvalue weighted by Crippen LogP contribution is -2.78. The number of aromatic hydroxyl groups is 1. The number of Topliss-reactive ketones (excluding diaryl/α,β-unsaturated/α-hetero) is 4. The van der Waals surface area contributed by atoms with Crippen molar-refractivity contribution in [1.82, 2.24) is 4.90 Å². The van der Waals surface area contributed by atoms with E-state index in [4.69, 9.17) is 10.5 Å². The first-order valence-electron chi connectivity index (χ1n) is 16.4. The highest BCUT2D eigenvalue weighted by atomic mass is 32.2. The maximum Gasteiger partial charge on any atom is 0.309 e. The van der Waals surface area contributed by atoms with Crippen LogP contribution >= 0.6 is 11.8 Å². The molecule has 0 bridgehead atoms. The Balaban J connectivity index is 1.55. The first kappa shape index (κ1) is 32.8. The second kappa shape index (κ2) is 12.5. The molecule has 46 heavy (non-hydrogen) atoms. The van der Waals surface area contributed by atoms with Gasteiger partial charge in [0.05, 0.1) is 29.4 Å². The molecule has 11 nitrogen and oxygen atoms in total. The summed E-state index contributed by atoms with van der Waals surface area (Å²) in [7, 11) is 3.03. The van der Waals surface area contributed by atoms with Crippen LogP contribution < -0.4 is 5.73 Å². The molecule has 5 aliphatic rings. The number of fused-ring (bicyclic) bond motifs is 3. The van der Waals surface area contributed by atoms with Gasteiger partial charge < -0.3 is 20.7 Å². The number of amides is 1. The standard InChI is InChI=1S/C34H42N2O9S/c1-36(2)26-25-29(45-33(43)16-9-4-3-5-10-16)22-19(15-46-17-11-6-7-12-17)18-13-8-14-20(37)21(18)27(38)23(22)30(40)34(25,44)31(41)24(28(26)39)32(35)42/h8,13-14,16-17,19,22-26,29,37,44H,3-7,9-12,15H2,1-2H3,(H2,35,42)/t19-,22+,23?,24?,25+,26-,29-,34-/m0/s1. The number of aliphatic hydroxyl groups is 1. The highest BCUT2D eigenvalue weighted by Crippen LogP contribution is 2.56. The number of hydrogen-bond acceptors (Lipinski definition) is 11. The lowest BCUT2D eigenvalue weighted by Gasteiger charge is -2.57. The number of phenols is 1.